The van der Waals surface area contributed by atoms with Crippen molar-refractivity contribution in [2.24, 2.45) is 5.14 Å². The van der Waals surface area contributed by atoms with Gasteiger partial charge in [-0.15, -0.1) is 0 Å². The average Bonchev–Trinajstić information content (AvgIpc) is 2.03. The van der Waals surface area contributed by atoms with Crippen molar-refractivity contribution in [3.63, 3.8) is 0 Å². The van der Waals surface area contributed by atoms with Crippen molar-refractivity contribution >= 4 is 10.0 Å². The zero-order valence-electron chi connectivity index (χ0n) is 6.69. The number of nitrogens with zero attached hydrogens (tertiary/aromatic N) is 1. The maximum atomic E-state index is 10.8. The van der Waals surface area contributed by atoms with Gasteiger partial charge in [-0.3, -0.25) is 4.98 Å². The van der Waals surface area contributed by atoms with E-state index in [1.54, 1.807) is 6.07 Å². The average molecular weight is 186 g/mol. The third-order valence-corrected chi connectivity index (χ3v) is 2.39. The number of primary sulfonamides is 1. The van der Waals surface area contributed by atoms with Crippen LogP contribution < -0.4 is 5.14 Å². The van der Waals surface area contributed by atoms with Crippen LogP contribution in [0.5, 0.6) is 0 Å². The molecule has 0 atom stereocenters. The lowest BCUT2D eigenvalue weighted by atomic mass is 10.3. The molecule has 4 nitrogen and oxygen atoms in total. The largest absolute Gasteiger partial charge is 0.260 e. The number of rotatable bonds is 2. The van der Waals surface area contributed by atoms with Gasteiger partial charge in [-0.25, -0.2) is 13.6 Å². The van der Waals surface area contributed by atoms with E-state index in [-0.39, 0.29) is 4.90 Å². The lowest BCUT2D eigenvalue weighted by molar-refractivity contribution is 0.597. The van der Waals surface area contributed by atoms with Gasteiger partial charge in [-0.1, -0.05) is 6.92 Å². The zero-order chi connectivity index (χ0) is 9.19. The lowest BCUT2D eigenvalue weighted by Gasteiger charge is -1.97. The molecule has 66 valence electrons. The minimum Gasteiger partial charge on any atom is -0.260 e. The van der Waals surface area contributed by atoms with Crippen LogP contribution in [0.3, 0.4) is 0 Å². The number of sulfonamides is 1. The van der Waals surface area contributed by atoms with Gasteiger partial charge in [0.05, 0.1) is 0 Å². The standard InChI is InChI=1S/C7H10N2O2S/c1-2-6-3-4-7(5-9-6)12(8,10)11/h3-5H,2H2,1H3,(H2,8,10,11). The number of nitrogens with two attached hydrogens (primary N) is 1. The highest BCUT2D eigenvalue weighted by Gasteiger charge is 2.06. The minimum absolute atomic E-state index is 0.0553. The summed E-state index contributed by atoms with van der Waals surface area (Å²) < 4.78 is 21.5. The summed E-state index contributed by atoms with van der Waals surface area (Å²) in [4.78, 5) is 3.96. The topological polar surface area (TPSA) is 73.1 Å². The first-order valence-corrected chi connectivity index (χ1v) is 5.06. The second-order valence-electron chi connectivity index (χ2n) is 2.38. The monoisotopic (exact) mass is 186 g/mol. The first kappa shape index (κ1) is 9.15. The summed E-state index contributed by atoms with van der Waals surface area (Å²) >= 11 is 0. The Labute approximate surface area is 71.5 Å². The van der Waals surface area contributed by atoms with Crippen molar-refractivity contribution in [1.82, 2.24) is 4.98 Å². The lowest BCUT2D eigenvalue weighted by Crippen LogP contribution is -2.12. The van der Waals surface area contributed by atoms with E-state index >= 15 is 0 Å². The van der Waals surface area contributed by atoms with Gasteiger partial charge in [-0.05, 0) is 18.6 Å². The second-order valence-corrected chi connectivity index (χ2v) is 3.95. The smallest absolute Gasteiger partial charge is 0.239 e. The molecule has 0 unspecified atom stereocenters. The SMILES string of the molecule is CCc1ccc(S(N)(=O)=O)cn1. The van der Waals surface area contributed by atoms with Crippen LogP contribution in [-0.4, -0.2) is 13.4 Å². The first-order valence-electron chi connectivity index (χ1n) is 3.51. The molecule has 0 fully saturated rings. The molecule has 1 heterocycles. The molecule has 1 aromatic rings. The van der Waals surface area contributed by atoms with Crippen LogP contribution in [-0.2, 0) is 16.4 Å². The molecule has 0 bridgehead atoms. The minimum atomic E-state index is -3.59. The van der Waals surface area contributed by atoms with Crippen LogP contribution in [0, 0.1) is 0 Å². The number of pyridine rings is 1. The van der Waals surface area contributed by atoms with Gasteiger partial charge in [0.1, 0.15) is 4.90 Å². The van der Waals surface area contributed by atoms with Gasteiger partial charge in [0.2, 0.25) is 10.0 Å². The van der Waals surface area contributed by atoms with E-state index in [1.807, 2.05) is 6.92 Å². The van der Waals surface area contributed by atoms with E-state index in [1.165, 1.54) is 12.3 Å². The molecule has 2 N–H and O–H groups in total. The number of hydrogen-bond donors (Lipinski definition) is 1. The van der Waals surface area contributed by atoms with Gasteiger partial charge in [-0.2, -0.15) is 0 Å². The van der Waals surface area contributed by atoms with Crippen LogP contribution in [0.1, 0.15) is 12.6 Å². The van der Waals surface area contributed by atoms with Gasteiger partial charge < -0.3 is 0 Å². The fraction of sp³-hybridized carbons (Fsp3) is 0.286. The predicted molar refractivity (Wildman–Crippen MR) is 45.0 cm³/mol. The molecule has 0 saturated heterocycles. The van der Waals surface area contributed by atoms with Crippen molar-refractivity contribution in [2.45, 2.75) is 18.2 Å². The third-order valence-electron chi connectivity index (χ3n) is 1.49. The van der Waals surface area contributed by atoms with Crippen molar-refractivity contribution in [2.75, 3.05) is 0 Å². The van der Waals surface area contributed by atoms with Crippen LogP contribution >= 0.6 is 0 Å². The summed E-state index contributed by atoms with van der Waals surface area (Å²) in [6, 6.07) is 3.11. The Morgan fingerprint density at radius 2 is 2.17 bits per heavy atom. The molecule has 0 aliphatic carbocycles. The third kappa shape index (κ3) is 2.02. The van der Waals surface area contributed by atoms with Gasteiger partial charge in [0.25, 0.3) is 0 Å². The fourth-order valence-corrected chi connectivity index (χ4v) is 1.25. The molecule has 1 aromatic heterocycles. The van der Waals surface area contributed by atoms with Crippen LogP contribution in [0.25, 0.3) is 0 Å². The molecule has 0 aliphatic rings. The van der Waals surface area contributed by atoms with Crippen molar-refractivity contribution in [1.29, 1.82) is 0 Å². The normalized spacial score (nSPS) is 11.5. The van der Waals surface area contributed by atoms with Crippen molar-refractivity contribution in [3.05, 3.63) is 24.0 Å². The molecule has 0 radical (unpaired) electrons. The summed E-state index contributed by atoms with van der Waals surface area (Å²) in [5, 5.41) is 4.88. The quantitative estimate of drug-likeness (QED) is 0.721. The highest BCUT2D eigenvalue weighted by atomic mass is 32.2. The summed E-state index contributed by atoms with van der Waals surface area (Å²) in [6.07, 6.45) is 2.05. The van der Waals surface area contributed by atoms with Crippen molar-refractivity contribution in [3.8, 4) is 0 Å². The molecule has 0 amide bonds. The number of hydrogen-bond acceptors (Lipinski definition) is 3. The van der Waals surface area contributed by atoms with E-state index < -0.39 is 10.0 Å². The Balaban J connectivity index is 3.09. The Morgan fingerprint density at radius 3 is 2.50 bits per heavy atom. The molecule has 0 saturated carbocycles. The highest BCUT2D eigenvalue weighted by Crippen LogP contribution is 2.05. The predicted octanol–water partition coefficient (Wildman–Crippen LogP) is 0.291. The van der Waals surface area contributed by atoms with E-state index in [9.17, 15) is 8.42 Å². The number of aryl methyl sites for hydroxylation is 1. The maximum absolute atomic E-state index is 10.8. The molecule has 5 heteroatoms. The van der Waals surface area contributed by atoms with Gasteiger partial charge in [0, 0.05) is 11.9 Å². The van der Waals surface area contributed by atoms with Gasteiger partial charge in [0.15, 0.2) is 0 Å². The zero-order valence-corrected chi connectivity index (χ0v) is 7.50. The van der Waals surface area contributed by atoms with Crippen LogP contribution in [0.4, 0.5) is 0 Å². The molecule has 0 aliphatic heterocycles. The summed E-state index contributed by atoms with van der Waals surface area (Å²) in [7, 11) is -3.59. The second kappa shape index (κ2) is 3.20. The highest BCUT2D eigenvalue weighted by molar-refractivity contribution is 7.89. The first-order chi connectivity index (χ1) is 5.54. The van der Waals surface area contributed by atoms with E-state index in [0.717, 1.165) is 12.1 Å². The molecular weight excluding hydrogens is 176 g/mol. The molecule has 12 heavy (non-hydrogen) atoms. The fourth-order valence-electron chi connectivity index (χ4n) is 0.788. The van der Waals surface area contributed by atoms with E-state index in [4.69, 9.17) is 5.14 Å². The summed E-state index contributed by atoms with van der Waals surface area (Å²) in [5.41, 5.74) is 0.849. The number of aromatic nitrogens is 1. The Bertz CT molecular complexity index is 355. The van der Waals surface area contributed by atoms with Crippen LogP contribution in [0.15, 0.2) is 23.2 Å². The molecular formula is C7H10N2O2S. The summed E-state index contributed by atoms with van der Waals surface area (Å²) in [6.45, 7) is 1.94. The molecule has 0 aromatic carbocycles. The van der Waals surface area contributed by atoms with E-state index in [2.05, 4.69) is 4.98 Å². The Kier molecular flexibility index (Phi) is 2.44. The van der Waals surface area contributed by atoms with E-state index in [0.29, 0.717) is 0 Å². The van der Waals surface area contributed by atoms with Crippen LogP contribution in [0.2, 0.25) is 0 Å². The van der Waals surface area contributed by atoms with Gasteiger partial charge >= 0.3 is 0 Å². The molecule has 1 rings (SSSR count). The Morgan fingerprint density at radius 1 is 1.50 bits per heavy atom. The van der Waals surface area contributed by atoms with Crippen molar-refractivity contribution < 1.29 is 8.42 Å². The maximum Gasteiger partial charge on any atom is 0.239 e. The Hall–Kier alpha value is -0.940. The molecule has 0 spiro atoms. The summed E-state index contributed by atoms with van der Waals surface area (Å²) in [5.74, 6) is 0.